The van der Waals surface area contributed by atoms with Crippen molar-refractivity contribution in [3.8, 4) is 11.8 Å². The third kappa shape index (κ3) is 3.60. The van der Waals surface area contributed by atoms with Crippen LogP contribution in [0.5, 0.6) is 5.75 Å². The van der Waals surface area contributed by atoms with Gasteiger partial charge in [-0.05, 0) is 53.6 Å². The summed E-state index contributed by atoms with van der Waals surface area (Å²) in [5.74, 6) is 0.709. The fourth-order valence-electron chi connectivity index (χ4n) is 1.85. The number of ether oxygens (including phenoxy) is 1. The van der Waals surface area contributed by atoms with Crippen LogP contribution in [0.3, 0.4) is 0 Å². The average molecular weight is 281 g/mol. The highest BCUT2D eigenvalue weighted by Crippen LogP contribution is 2.22. The first-order valence-corrected chi connectivity index (χ1v) is 6.16. The van der Waals surface area contributed by atoms with E-state index in [1.807, 2.05) is 0 Å². The zero-order valence-electron chi connectivity index (χ0n) is 11.4. The number of benzene rings is 2. The van der Waals surface area contributed by atoms with Gasteiger partial charge in [0.2, 0.25) is 0 Å². The number of hydrogen-bond donors (Lipinski definition) is 1. The van der Waals surface area contributed by atoms with E-state index in [0.29, 0.717) is 16.9 Å². The van der Waals surface area contributed by atoms with Gasteiger partial charge < -0.3 is 15.2 Å². The van der Waals surface area contributed by atoms with Crippen molar-refractivity contribution in [2.45, 2.75) is 0 Å². The van der Waals surface area contributed by atoms with Gasteiger partial charge in [-0.1, -0.05) is 12.1 Å². The molecule has 5 heteroatoms. The maximum absolute atomic E-state index is 10.9. The Kier molecular flexibility index (Phi) is 4.57. The van der Waals surface area contributed by atoms with Crippen LogP contribution < -0.4 is 9.96 Å². The van der Waals surface area contributed by atoms with Crippen LogP contribution in [0.4, 0.5) is 5.69 Å². The Balaban J connectivity index is 2.36. The van der Waals surface area contributed by atoms with Crippen molar-refractivity contribution in [1.29, 1.82) is 5.26 Å². The Hall–Kier alpha value is -2.81. The van der Waals surface area contributed by atoms with Gasteiger partial charge in [-0.3, -0.25) is 5.21 Å². The molecule has 0 fully saturated rings. The molecule has 0 amide bonds. The number of allylic oxidation sites excluding steroid dienone is 1. The van der Waals surface area contributed by atoms with Crippen LogP contribution in [0.1, 0.15) is 11.1 Å². The summed E-state index contributed by atoms with van der Waals surface area (Å²) in [7, 11) is 1.57. The number of methoxy groups -OCH3 is 1. The van der Waals surface area contributed by atoms with Crippen molar-refractivity contribution in [1.82, 2.24) is 0 Å². The Morgan fingerprint density at radius 3 is 2.57 bits per heavy atom. The largest absolute Gasteiger partial charge is 0.733 e. The summed E-state index contributed by atoms with van der Waals surface area (Å²) >= 11 is 0. The number of anilines is 1. The third-order valence-electron chi connectivity index (χ3n) is 2.92. The van der Waals surface area contributed by atoms with Gasteiger partial charge in [0.1, 0.15) is 5.75 Å². The van der Waals surface area contributed by atoms with Gasteiger partial charge in [-0.15, -0.1) is 0 Å². The molecule has 0 aliphatic carbocycles. The Morgan fingerprint density at radius 1 is 1.29 bits per heavy atom. The molecule has 2 aromatic carbocycles. The second kappa shape index (κ2) is 6.57. The van der Waals surface area contributed by atoms with Crippen LogP contribution in [-0.4, -0.2) is 12.3 Å². The van der Waals surface area contributed by atoms with Crippen LogP contribution >= 0.6 is 0 Å². The van der Waals surface area contributed by atoms with Crippen molar-refractivity contribution < 1.29 is 9.94 Å². The summed E-state index contributed by atoms with van der Waals surface area (Å²) in [5.41, 5.74) is 1.95. The lowest BCUT2D eigenvalue weighted by Crippen LogP contribution is -2.06. The summed E-state index contributed by atoms with van der Waals surface area (Å²) in [6, 6.07) is 15.6. The van der Waals surface area contributed by atoms with E-state index in [4.69, 9.17) is 9.94 Å². The Morgan fingerprint density at radius 2 is 2.00 bits per heavy atom. The summed E-state index contributed by atoms with van der Waals surface area (Å²) in [6.45, 7) is 0. The molecule has 2 rings (SSSR count). The van der Waals surface area contributed by atoms with Crippen molar-refractivity contribution in [2.75, 3.05) is 12.3 Å². The lowest BCUT2D eigenvalue weighted by Gasteiger charge is -2.21. The molecule has 0 atom stereocenters. The van der Waals surface area contributed by atoms with Crippen LogP contribution in [0.25, 0.3) is 11.6 Å². The lowest BCUT2D eigenvalue weighted by atomic mass is 10.0. The minimum Gasteiger partial charge on any atom is -0.733 e. The fraction of sp³-hybridized carbons (Fsp3) is 0.0625. The molecule has 0 unspecified atom stereocenters. The minimum atomic E-state index is -0.212. The van der Waals surface area contributed by atoms with Gasteiger partial charge in [0.15, 0.2) is 0 Å². The summed E-state index contributed by atoms with van der Waals surface area (Å²) in [6.07, 6.45) is 1.65. The van der Waals surface area contributed by atoms with Crippen molar-refractivity contribution in [3.63, 3.8) is 0 Å². The number of hydrogen-bond acceptors (Lipinski definition) is 5. The summed E-state index contributed by atoms with van der Waals surface area (Å²) in [5, 5.41) is 28.8. The van der Waals surface area contributed by atoms with E-state index in [-0.39, 0.29) is 10.9 Å². The topological polar surface area (TPSA) is 79.5 Å². The zero-order valence-corrected chi connectivity index (χ0v) is 11.4. The van der Waals surface area contributed by atoms with Crippen LogP contribution in [0.2, 0.25) is 0 Å². The van der Waals surface area contributed by atoms with E-state index in [2.05, 4.69) is 6.07 Å². The van der Waals surface area contributed by atoms with Gasteiger partial charge in [0.25, 0.3) is 0 Å². The quantitative estimate of drug-likeness (QED) is 0.527. The number of rotatable bonds is 4. The smallest absolute Gasteiger partial charge is 0.118 e. The Labute approximate surface area is 122 Å². The zero-order chi connectivity index (χ0) is 15.2. The summed E-state index contributed by atoms with van der Waals surface area (Å²) in [4.78, 5) is 0. The monoisotopic (exact) mass is 281 g/mol. The van der Waals surface area contributed by atoms with Crippen molar-refractivity contribution >= 4 is 17.3 Å². The highest BCUT2D eigenvalue weighted by molar-refractivity contribution is 5.90. The molecular weight excluding hydrogens is 268 g/mol. The molecule has 0 spiro atoms. The van der Waals surface area contributed by atoms with E-state index in [1.165, 1.54) is 12.1 Å². The highest BCUT2D eigenvalue weighted by atomic mass is 16.8. The van der Waals surface area contributed by atoms with Crippen molar-refractivity contribution in [3.05, 3.63) is 64.9 Å². The molecule has 0 aromatic heterocycles. The second-order valence-corrected chi connectivity index (χ2v) is 4.27. The van der Waals surface area contributed by atoms with E-state index >= 15 is 0 Å². The number of nitrogens with zero attached hydrogens (tertiary/aromatic N) is 2. The minimum absolute atomic E-state index is 0.107. The van der Waals surface area contributed by atoms with Gasteiger partial charge in [0.05, 0.1) is 24.4 Å². The first kappa shape index (κ1) is 14.6. The van der Waals surface area contributed by atoms with E-state index in [1.54, 1.807) is 49.6 Å². The predicted octanol–water partition coefficient (Wildman–Crippen LogP) is 3.45. The van der Waals surface area contributed by atoms with Gasteiger partial charge in [0, 0.05) is 0 Å². The maximum Gasteiger partial charge on any atom is 0.118 e. The molecular formula is C16H13N2O3-. The van der Waals surface area contributed by atoms with Gasteiger partial charge >= 0.3 is 0 Å². The molecule has 0 radical (unpaired) electrons. The van der Waals surface area contributed by atoms with E-state index in [0.717, 1.165) is 5.56 Å². The van der Waals surface area contributed by atoms with E-state index < -0.39 is 0 Å². The molecule has 0 heterocycles. The Bertz CT molecular complexity index is 685. The van der Waals surface area contributed by atoms with Crippen LogP contribution in [0, 0.1) is 16.5 Å². The second-order valence-electron chi connectivity index (χ2n) is 4.27. The lowest BCUT2D eigenvalue weighted by molar-refractivity contribution is 0.296. The first-order valence-electron chi connectivity index (χ1n) is 6.16. The van der Waals surface area contributed by atoms with Crippen LogP contribution in [0.15, 0.2) is 48.5 Å². The number of nitriles is 1. The predicted molar refractivity (Wildman–Crippen MR) is 80.6 cm³/mol. The molecule has 106 valence electrons. The third-order valence-corrected chi connectivity index (χ3v) is 2.92. The highest BCUT2D eigenvalue weighted by Gasteiger charge is 2.02. The average Bonchev–Trinajstić information content (AvgIpc) is 2.53. The normalized spacial score (nSPS) is 10.9. The first-order chi connectivity index (χ1) is 10.1. The molecule has 5 nitrogen and oxygen atoms in total. The van der Waals surface area contributed by atoms with Gasteiger partial charge in [-0.2, -0.15) is 5.26 Å². The molecule has 0 saturated heterocycles. The standard InChI is InChI=1S/C16H13N2O3/c1-21-16-7-5-13(6-8-16)14(11-17)9-12-3-2-4-15(10-12)18(19)20/h2-10,19H,1H3/q-1/b14-9-. The molecule has 1 N–H and O–H groups in total. The molecule has 2 aromatic rings. The fourth-order valence-corrected chi connectivity index (χ4v) is 1.85. The molecule has 0 bridgehead atoms. The van der Waals surface area contributed by atoms with Crippen LogP contribution in [-0.2, 0) is 0 Å². The maximum atomic E-state index is 10.9. The molecule has 0 saturated carbocycles. The van der Waals surface area contributed by atoms with Gasteiger partial charge in [-0.25, -0.2) is 0 Å². The summed E-state index contributed by atoms with van der Waals surface area (Å²) < 4.78 is 5.07. The SMILES string of the molecule is COc1ccc(/C(C#N)=C\c2cccc(N([O-])O)c2)cc1. The van der Waals surface area contributed by atoms with E-state index in [9.17, 15) is 10.5 Å². The van der Waals surface area contributed by atoms with Crippen molar-refractivity contribution in [2.24, 2.45) is 0 Å². The molecule has 0 aliphatic rings. The molecule has 0 aliphatic heterocycles. The molecule has 21 heavy (non-hydrogen) atoms.